The molecule has 0 fully saturated rings. The van der Waals surface area contributed by atoms with E-state index in [-0.39, 0.29) is 5.25 Å². The number of benzene rings is 1. The predicted octanol–water partition coefficient (Wildman–Crippen LogP) is 2.82. The molecular weight excluding hydrogens is 243 g/mol. The highest BCUT2D eigenvalue weighted by Crippen LogP contribution is 2.19. The van der Waals surface area contributed by atoms with Gasteiger partial charge in [-0.2, -0.15) is 0 Å². The van der Waals surface area contributed by atoms with Crippen LogP contribution in [0.5, 0.6) is 0 Å². The molecule has 0 aliphatic heterocycles. The fourth-order valence-corrected chi connectivity index (χ4v) is 3.00. The van der Waals surface area contributed by atoms with E-state index in [0.29, 0.717) is 4.90 Å². The Labute approximate surface area is 102 Å². The van der Waals surface area contributed by atoms with Gasteiger partial charge < -0.3 is 5.11 Å². The third-order valence-corrected chi connectivity index (χ3v) is 4.60. The van der Waals surface area contributed by atoms with Crippen LogP contribution in [-0.2, 0) is 10.8 Å². The summed E-state index contributed by atoms with van der Waals surface area (Å²) in [7, 11) is -1.29. The van der Waals surface area contributed by atoms with Gasteiger partial charge in [-0.1, -0.05) is 13.8 Å². The monoisotopic (exact) mass is 258 g/mol. The van der Waals surface area contributed by atoms with Crippen molar-refractivity contribution in [3.63, 3.8) is 0 Å². The van der Waals surface area contributed by atoms with Gasteiger partial charge in [0.25, 0.3) is 0 Å². The maximum absolute atomic E-state index is 13.2. The summed E-state index contributed by atoms with van der Waals surface area (Å²) < 4.78 is 25.3. The van der Waals surface area contributed by atoms with Crippen molar-refractivity contribution >= 4 is 16.8 Å². The molecule has 0 heterocycles. The first-order valence-electron chi connectivity index (χ1n) is 5.44. The summed E-state index contributed by atoms with van der Waals surface area (Å²) in [6.07, 6.45) is 1.48. The van der Waals surface area contributed by atoms with Crippen molar-refractivity contribution in [3.05, 3.63) is 29.6 Å². The molecule has 3 nitrogen and oxygen atoms in total. The van der Waals surface area contributed by atoms with Crippen molar-refractivity contribution in [3.8, 4) is 0 Å². The van der Waals surface area contributed by atoms with Crippen molar-refractivity contribution < 1.29 is 18.5 Å². The van der Waals surface area contributed by atoms with E-state index in [9.17, 15) is 13.4 Å². The van der Waals surface area contributed by atoms with Gasteiger partial charge in [-0.25, -0.2) is 9.18 Å². The third-order valence-electron chi connectivity index (χ3n) is 2.61. The first-order valence-corrected chi connectivity index (χ1v) is 6.65. The summed E-state index contributed by atoms with van der Waals surface area (Å²) in [4.78, 5) is 11.1. The molecule has 1 atom stereocenters. The quantitative estimate of drug-likeness (QED) is 0.883. The van der Waals surface area contributed by atoms with E-state index in [0.717, 1.165) is 25.0 Å². The molecule has 0 saturated carbocycles. The number of halogens is 1. The van der Waals surface area contributed by atoms with E-state index in [1.165, 1.54) is 6.07 Å². The molecular formula is C12H15FO3S. The van der Waals surface area contributed by atoms with Crippen LogP contribution in [0.15, 0.2) is 23.1 Å². The largest absolute Gasteiger partial charge is 0.478 e. The highest BCUT2D eigenvalue weighted by atomic mass is 32.2. The van der Waals surface area contributed by atoms with Crippen LogP contribution in [0.2, 0.25) is 0 Å². The van der Waals surface area contributed by atoms with Gasteiger partial charge in [0, 0.05) is 10.1 Å². The Morgan fingerprint density at radius 2 is 2.00 bits per heavy atom. The SMILES string of the molecule is CCC(CC)S(=O)c1ccc(F)c(C(=O)O)c1. The van der Waals surface area contributed by atoms with Crippen molar-refractivity contribution in [2.45, 2.75) is 36.8 Å². The molecule has 0 spiro atoms. The molecule has 17 heavy (non-hydrogen) atoms. The van der Waals surface area contributed by atoms with Gasteiger partial charge in [0.15, 0.2) is 0 Å². The van der Waals surface area contributed by atoms with E-state index < -0.39 is 28.1 Å². The van der Waals surface area contributed by atoms with Crippen LogP contribution in [0.3, 0.4) is 0 Å². The number of carbonyl (C=O) groups is 1. The van der Waals surface area contributed by atoms with Crippen LogP contribution in [-0.4, -0.2) is 20.5 Å². The van der Waals surface area contributed by atoms with Crippen LogP contribution >= 0.6 is 0 Å². The highest BCUT2D eigenvalue weighted by molar-refractivity contribution is 7.85. The molecule has 0 amide bonds. The molecule has 0 aliphatic carbocycles. The molecule has 1 aromatic carbocycles. The molecule has 5 heteroatoms. The Kier molecular flexibility index (Phi) is 4.81. The fourth-order valence-electron chi connectivity index (χ4n) is 1.58. The molecule has 0 aliphatic rings. The number of carboxylic acid groups (broad SMARTS) is 1. The van der Waals surface area contributed by atoms with Crippen molar-refractivity contribution in [1.82, 2.24) is 0 Å². The van der Waals surface area contributed by atoms with Crippen LogP contribution in [0.25, 0.3) is 0 Å². The van der Waals surface area contributed by atoms with Gasteiger partial charge in [-0.15, -0.1) is 0 Å². The maximum atomic E-state index is 13.2. The Morgan fingerprint density at radius 1 is 1.41 bits per heavy atom. The molecule has 1 unspecified atom stereocenters. The number of hydrogen-bond donors (Lipinski definition) is 1. The second kappa shape index (κ2) is 5.91. The Morgan fingerprint density at radius 3 is 2.47 bits per heavy atom. The molecule has 0 saturated heterocycles. The summed E-state index contributed by atoms with van der Waals surface area (Å²) >= 11 is 0. The highest BCUT2D eigenvalue weighted by Gasteiger charge is 2.18. The Balaban J connectivity index is 3.11. The maximum Gasteiger partial charge on any atom is 0.338 e. The summed E-state index contributed by atoms with van der Waals surface area (Å²) in [5.74, 6) is -2.14. The van der Waals surface area contributed by atoms with E-state index in [1.807, 2.05) is 13.8 Å². The molecule has 1 N–H and O–H groups in total. The second-order valence-electron chi connectivity index (χ2n) is 3.68. The first-order chi connectivity index (χ1) is 8.01. The van der Waals surface area contributed by atoms with Gasteiger partial charge in [0.2, 0.25) is 0 Å². The molecule has 0 aromatic heterocycles. The lowest BCUT2D eigenvalue weighted by atomic mass is 10.2. The molecule has 1 rings (SSSR count). The lowest BCUT2D eigenvalue weighted by molar-refractivity contribution is 0.0691. The average molecular weight is 258 g/mol. The molecule has 0 bridgehead atoms. The minimum absolute atomic E-state index is 0.0258. The zero-order valence-corrected chi connectivity index (χ0v) is 10.6. The van der Waals surface area contributed by atoms with E-state index in [4.69, 9.17) is 5.11 Å². The second-order valence-corrected chi connectivity index (χ2v) is 5.42. The fraction of sp³-hybridized carbons (Fsp3) is 0.417. The number of aromatic carboxylic acids is 1. The zero-order chi connectivity index (χ0) is 13.0. The van der Waals surface area contributed by atoms with Crippen molar-refractivity contribution in [2.75, 3.05) is 0 Å². The normalized spacial score (nSPS) is 12.7. The van der Waals surface area contributed by atoms with Crippen molar-refractivity contribution in [2.24, 2.45) is 0 Å². The number of rotatable bonds is 5. The van der Waals surface area contributed by atoms with Gasteiger partial charge in [-0.3, -0.25) is 4.21 Å². The van der Waals surface area contributed by atoms with Crippen LogP contribution in [0.4, 0.5) is 4.39 Å². The zero-order valence-electron chi connectivity index (χ0n) is 9.77. The molecule has 94 valence electrons. The number of hydrogen-bond acceptors (Lipinski definition) is 2. The van der Waals surface area contributed by atoms with Crippen molar-refractivity contribution in [1.29, 1.82) is 0 Å². The predicted molar refractivity (Wildman–Crippen MR) is 64.1 cm³/mol. The summed E-state index contributed by atoms with van der Waals surface area (Å²) in [6.45, 7) is 3.85. The van der Waals surface area contributed by atoms with Gasteiger partial charge in [0.05, 0.1) is 16.4 Å². The van der Waals surface area contributed by atoms with E-state index in [2.05, 4.69) is 0 Å². The molecule has 0 radical (unpaired) electrons. The van der Waals surface area contributed by atoms with Gasteiger partial charge in [0.1, 0.15) is 5.82 Å². The minimum atomic E-state index is -1.34. The van der Waals surface area contributed by atoms with Crippen LogP contribution in [0.1, 0.15) is 37.0 Å². The standard InChI is InChI=1S/C12H15FO3S/c1-3-8(4-2)17(16)9-5-6-11(13)10(7-9)12(14)15/h5-8H,3-4H2,1-2H3,(H,14,15). The Bertz CT molecular complexity index is 441. The molecule has 1 aromatic rings. The lowest BCUT2D eigenvalue weighted by Crippen LogP contribution is -2.14. The summed E-state index contributed by atoms with van der Waals surface area (Å²) in [5.41, 5.74) is -0.429. The van der Waals surface area contributed by atoms with Crippen LogP contribution in [0, 0.1) is 5.82 Å². The smallest absolute Gasteiger partial charge is 0.338 e. The van der Waals surface area contributed by atoms with Gasteiger partial charge >= 0.3 is 5.97 Å². The average Bonchev–Trinajstić information content (AvgIpc) is 2.30. The lowest BCUT2D eigenvalue weighted by Gasteiger charge is -2.12. The minimum Gasteiger partial charge on any atom is -0.478 e. The summed E-state index contributed by atoms with van der Waals surface area (Å²) in [6, 6.07) is 3.60. The van der Waals surface area contributed by atoms with Gasteiger partial charge in [-0.05, 0) is 31.0 Å². The number of carboxylic acids is 1. The topological polar surface area (TPSA) is 54.4 Å². The Hall–Kier alpha value is -1.23. The third kappa shape index (κ3) is 3.12. The van der Waals surface area contributed by atoms with E-state index >= 15 is 0 Å². The summed E-state index contributed by atoms with van der Waals surface area (Å²) in [5, 5.41) is 8.76. The van der Waals surface area contributed by atoms with Crippen LogP contribution < -0.4 is 0 Å². The first kappa shape index (κ1) is 13.8. The van der Waals surface area contributed by atoms with E-state index in [1.54, 1.807) is 0 Å².